The van der Waals surface area contributed by atoms with Crippen molar-refractivity contribution in [3.63, 3.8) is 0 Å². The molecule has 196 valence electrons. The molecule has 0 spiro atoms. The smallest absolute Gasteiger partial charge is 0.462 e. The molecule has 0 saturated carbocycles. The highest BCUT2D eigenvalue weighted by Gasteiger charge is 2.25. The molecule has 0 aromatic heterocycles. The van der Waals surface area contributed by atoms with Gasteiger partial charge in [0.15, 0.2) is 6.10 Å². The highest BCUT2D eigenvalue weighted by molar-refractivity contribution is 7.47. The number of nitrogens with two attached hydrogens (primary N) is 1. The summed E-state index contributed by atoms with van der Waals surface area (Å²) in [5, 5.41) is 0. The monoisotopic (exact) mass is 495 g/mol. The Morgan fingerprint density at radius 1 is 0.788 bits per heavy atom. The molecule has 0 amide bonds. The van der Waals surface area contributed by atoms with E-state index in [0.29, 0.717) is 6.42 Å². The predicted octanol–water partition coefficient (Wildman–Crippen LogP) is 5.03. The largest absolute Gasteiger partial charge is 0.472 e. The summed E-state index contributed by atoms with van der Waals surface area (Å²) in [4.78, 5) is 33.6. The Kier molecular flexibility index (Phi) is 20.9. The number of carbonyl (C=O) groups excluding carboxylic acids is 2. The molecular weight excluding hydrogens is 449 g/mol. The Morgan fingerprint density at radius 2 is 1.33 bits per heavy atom. The molecule has 0 heterocycles. The minimum atomic E-state index is -4.33. The van der Waals surface area contributed by atoms with E-state index in [4.69, 9.17) is 19.7 Å². The first-order valence-electron chi connectivity index (χ1n) is 12.5. The summed E-state index contributed by atoms with van der Waals surface area (Å²) < 4.78 is 31.8. The van der Waals surface area contributed by atoms with Gasteiger partial charge in [0.25, 0.3) is 0 Å². The van der Waals surface area contributed by atoms with E-state index >= 15 is 0 Å². The average molecular weight is 496 g/mol. The van der Waals surface area contributed by atoms with Crippen LogP contribution in [-0.2, 0) is 32.7 Å². The van der Waals surface area contributed by atoms with Crippen molar-refractivity contribution in [1.29, 1.82) is 0 Å². The topological polar surface area (TPSA) is 134 Å². The van der Waals surface area contributed by atoms with Crippen LogP contribution in [0.2, 0.25) is 0 Å². The van der Waals surface area contributed by atoms with Crippen LogP contribution in [0.5, 0.6) is 0 Å². The lowest BCUT2D eigenvalue weighted by atomic mass is 10.1. The number of hydrogen-bond acceptors (Lipinski definition) is 8. The lowest BCUT2D eigenvalue weighted by Gasteiger charge is -2.19. The average Bonchev–Trinajstić information content (AvgIpc) is 2.79. The molecule has 0 aliphatic heterocycles. The van der Waals surface area contributed by atoms with Gasteiger partial charge in [0.05, 0.1) is 13.2 Å². The van der Waals surface area contributed by atoms with Gasteiger partial charge in [-0.05, 0) is 12.8 Å². The predicted molar refractivity (Wildman–Crippen MR) is 128 cm³/mol. The number of unbranched alkanes of at least 4 members (excludes halogenated alkanes) is 10. The fourth-order valence-electron chi connectivity index (χ4n) is 3.08. The van der Waals surface area contributed by atoms with Crippen molar-refractivity contribution in [3.8, 4) is 0 Å². The van der Waals surface area contributed by atoms with Gasteiger partial charge in [0, 0.05) is 19.4 Å². The number of hydrogen-bond donors (Lipinski definition) is 2. The number of ether oxygens (including phenoxy) is 2. The molecule has 0 aromatic rings. The van der Waals surface area contributed by atoms with E-state index in [1.165, 1.54) is 44.9 Å². The molecule has 10 heteroatoms. The van der Waals surface area contributed by atoms with Crippen LogP contribution < -0.4 is 5.73 Å². The van der Waals surface area contributed by atoms with E-state index in [9.17, 15) is 19.0 Å². The number of esters is 2. The first kappa shape index (κ1) is 32.0. The molecule has 1 unspecified atom stereocenters. The lowest BCUT2D eigenvalue weighted by molar-refractivity contribution is -0.161. The molecule has 0 rings (SSSR count). The molecule has 0 aliphatic carbocycles. The summed E-state index contributed by atoms with van der Waals surface area (Å²) in [5.41, 5.74) is 5.24. The van der Waals surface area contributed by atoms with Crippen LogP contribution in [0.25, 0.3) is 0 Å². The molecule has 3 N–H and O–H groups in total. The fourth-order valence-corrected chi connectivity index (χ4v) is 3.84. The Hall–Kier alpha value is -0.990. The summed E-state index contributed by atoms with van der Waals surface area (Å²) in [6.45, 7) is 3.39. The Labute approximate surface area is 199 Å². The number of rotatable bonds is 23. The molecule has 0 aromatic carbocycles. The SMILES string of the molecule is CCCCCCCCCCCCC(=O)OC[C@H](COP(=O)(O)OCCN)OC(=O)CCCC. The van der Waals surface area contributed by atoms with Gasteiger partial charge in [-0.1, -0.05) is 78.1 Å². The van der Waals surface area contributed by atoms with Gasteiger partial charge in [-0.15, -0.1) is 0 Å². The van der Waals surface area contributed by atoms with Crippen molar-refractivity contribution < 1.29 is 37.6 Å². The lowest BCUT2D eigenvalue weighted by Crippen LogP contribution is -2.29. The number of phosphoric acid groups is 1. The first-order chi connectivity index (χ1) is 15.8. The molecule has 0 fully saturated rings. The molecular formula is C23H46NO8P. The maximum absolute atomic E-state index is 12.0. The van der Waals surface area contributed by atoms with Crippen LogP contribution in [0, 0.1) is 0 Å². The molecule has 9 nitrogen and oxygen atoms in total. The third-order valence-corrected chi connectivity index (χ3v) is 5.98. The van der Waals surface area contributed by atoms with Crippen LogP contribution in [0.4, 0.5) is 0 Å². The summed E-state index contributed by atoms with van der Waals surface area (Å²) in [7, 11) is -4.33. The minimum absolute atomic E-state index is 0.0555. The van der Waals surface area contributed by atoms with Crippen molar-refractivity contribution in [2.75, 3.05) is 26.4 Å². The quantitative estimate of drug-likeness (QED) is 0.114. The summed E-state index contributed by atoms with van der Waals surface area (Å²) in [5.74, 6) is -0.873. The second-order valence-corrected chi connectivity index (χ2v) is 9.67. The Bertz CT molecular complexity index is 547. The van der Waals surface area contributed by atoms with E-state index in [2.05, 4.69) is 11.4 Å². The van der Waals surface area contributed by atoms with E-state index < -0.39 is 32.5 Å². The Balaban J connectivity index is 4.20. The van der Waals surface area contributed by atoms with Gasteiger partial charge in [-0.2, -0.15) is 0 Å². The first-order valence-corrected chi connectivity index (χ1v) is 14.0. The molecule has 33 heavy (non-hydrogen) atoms. The van der Waals surface area contributed by atoms with Crippen molar-refractivity contribution in [1.82, 2.24) is 0 Å². The zero-order valence-electron chi connectivity index (χ0n) is 20.6. The van der Waals surface area contributed by atoms with Crippen molar-refractivity contribution in [2.45, 2.75) is 110 Å². The minimum Gasteiger partial charge on any atom is -0.462 e. The Morgan fingerprint density at radius 3 is 1.91 bits per heavy atom. The maximum Gasteiger partial charge on any atom is 0.472 e. The van der Waals surface area contributed by atoms with Crippen LogP contribution in [0.3, 0.4) is 0 Å². The van der Waals surface area contributed by atoms with E-state index in [1.54, 1.807) is 0 Å². The van der Waals surface area contributed by atoms with E-state index in [0.717, 1.165) is 25.7 Å². The normalized spacial score (nSPS) is 13.9. The number of phosphoric ester groups is 1. The van der Waals surface area contributed by atoms with Gasteiger partial charge in [-0.25, -0.2) is 4.57 Å². The van der Waals surface area contributed by atoms with Gasteiger partial charge in [0.1, 0.15) is 6.61 Å². The van der Waals surface area contributed by atoms with Crippen LogP contribution in [0.1, 0.15) is 104 Å². The van der Waals surface area contributed by atoms with Gasteiger partial charge >= 0.3 is 19.8 Å². The van der Waals surface area contributed by atoms with Crippen molar-refractivity contribution in [3.05, 3.63) is 0 Å². The maximum atomic E-state index is 12.0. The van der Waals surface area contributed by atoms with Gasteiger partial charge < -0.3 is 20.1 Å². The van der Waals surface area contributed by atoms with Crippen molar-refractivity contribution >= 4 is 19.8 Å². The highest BCUT2D eigenvalue weighted by atomic mass is 31.2. The third kappa shape index (κ3) is 21.3. The molecule has 0 saturated heterocycles. The summed E-state index contributed by atoms with van der Waals surface area (Å²) in [6, 6.07) is 0. The van der Waals surface area contributed by atoms with Crippen molar-refractivity contribution in [2.24, 2.45) is 5.73 Å². The van der Waals surface area contributed by atoms with E-state index in [-0.39, 0.29) is 32.6 Å². The van der Waals surface area contributed by atoms with E-state index in [1.807, 2.05) is 6.92 Å². The summed E-state index contributed by atoms with van der Waals surface area (Å²) in [6.07, 6.45) is 12.7. The highest BCUT2D eigenvalue weighted by Crippen LogP contribution is 2.43. The van der Waals surface area contributed by atoms with Gasteiger partial charge in [-0.3, -0.25) is 18.6 Å². The zero-order chi connectivity index (χ0) is 24.8. The van der Waals surface area contributed by atoms with Crippen LogP contribution >= 0.6 is 7.82 Å². The molecule has 0 radical (unpaired) electrons. The molecule has 2 atom stereocenters. The summed E-state index contributed by atoms with van der Waals surface area (Å²) >= 11 is 0. The number of carbonyl (C=O) groups is 2. The fraction of sp³-hybridized carbons (Fsp3) is 0.913. The second kappa shape index (κ2) is 21.5. The molecule has 0 bridgehead atoms. The zero-order valence-corrected chi connectivity index (χ0v) is 21.5. The van der Waals surface area contributed by atoms with Crippen LogP contribution in [0.15, 0.2) is 0 Å². The van der Waals surface area contributed by atoms with Gasteiger partial charge in [0.2, 0.25) is 0 Å². The second-order valence-electron chi connectivity index (χ2n) is 8.22. The standard InChI is InChI=1S/C23H46NO8P/c1-3-5-7-8-9-10-11-12-13-14-16-22(25)29-19-21(32-23(26)15-6-4-2)20-31-33(27,28)30-18-17-24/h21H,3-20,24H2,1-2H3,(H,27,28)/t21-/m1/s1. The van der Waals surface area contributed by atoms with Crippen LogP contribution in [-0.4, -0.2) is 49.3 Å². The molecule has 0 aliphatic rings. The third-order valence-electron chi connectivity index (χ3n) is 4.99.